The number of aromatic nitrogens is 3. The van der Waals surface area contributed by atoms with Gasteiger partial charge in [0.15, 0.2) is 5.82 Å². The lowest BCUT2D eigenvalue weighted by Crippen LogP contribution is -2.46. The van der Waals surface area contributed by atoms with Crippen molar-refractivity contribution in [2.75, 3.05) is 0 Å². The Morgan fingerprint density at radius 3 is 2.80 bits per heavy atom. The highest BCUT2D eigenvalue weighted by Crippen LogP contribution is 2.40. The number of fused-ring (bicyclic) bond motifs is 1. The third kappa shape index (κ3) is 2.79. The first-order chi connectivity index (χ1) is 12.1. The molecule has 3 unspecified atom stereocenters. The van der Waals surface area contributed by atoms with Gasteiger partial charge in [-0.15, -0.1) is 0 Å². The summed E-state index contributed by atoms with van der Waals surface area (Å²) in [5, 5.41) is 13.7. The summed E-state index contributed by atoms with van der Waals surface area (Å²) in [5.41, 5.74) is 0.456. The molecule has 7 heteroatoms. The number of amides is 1. The SMILES string of the molecule is O=C(O)C1CC2CCCCC2N1C(=O)c1ccnc(-n2cccn2)c1. The van der Waals surface area contributed by atoms with Crippen molar-refractivity contribution in [3.8, 4) is 5.82 Å². The van der Waals surface area contributed by atoms with Gasteiger partial charge < -0.3 is 10.0 Å². The van der Waals surface area contributed by atoms with Crippen molar-refractivity contribution >= 4 is 11.9 Å². The Balaban J connectivity index is 1.67. The number of hydrogen-bond donors (Lipinski definition) is 1. The zero-order valence-electron chi connectivity index (χ0n) is 13.8. The summed E-state index contributed by atoms with van der Waals surface area (Å²) in [5.74, 6) is -0.296. The fraction of sp³-hybridized carbons (Fsp3) is 0.444. The van der Waals surface area contributed by atoms with Crippen LogP contribution >= 0.6 is 0 Å². The molecule has 0 bridgehead atoms. The zero-order valence-corrected chi connectivity index (χ0v) is 13.8. The number of carbonyl (C=O) groups excluding carboxylic acids is 1. The van der Waals surface area contributed by atoms with Crippen molar-refractivity contribution in [3.63, 3.8) is 0 Å². The maximum absolute atomic E-state index is 13.1. The molecule has 1 N–H and O–H groups in total. The highest BCUT2D eigenvalue weighted by Gasteiger charge is 2.47. The molecule has 0 radical (unpaired) electrons. The molecule has 3 atom stereocenters. The van der Waals surface area contributed by atoms with Crippen LogP contribution in [0.3, 0.4) is 0 Å². The number of likely N-dealkylation sites (tertiary alicyclic amines) is 1. The van der Waals surface area contributed by atoms with Gasteiger partial charge in [0, 0.05) is 30.2 Å². The monoisotopic (exact) mass is 340 g/mol. The second-order valence-corrected chi connectivity index (χ2v) is 6.77. The van der Waals surface area contributed by atoms with Crippen molar-refractivity contribution in [3.05, 3.63) is 42.4 Å². The summed E-state index contributed by atoms with van der Waals surface area (Å²) in [6, 6.07) is 4.39. The van der Waals surface area contributed by atoms with Gasteiger partial charge in [0.1, 0.15) is 6.04 Å². The maximum Gasteiger partial charge on any atom is 0.326 e. The molecule has 2 aromatic rings. The van der Waals surface area contributed by atoms with Crippen molar-refractivity contribution in [1.82, 2.24) is 19.7 Å². The second kappa shape index (κ2) is 6.31. The van der Waals surface area contributed by atoms with Crippen LogP contribution in [0.1, 0.15) is 42.5 Å². The third-order valence-corrected chi connectivity index (χ3v) is 5.34. The van der Waals surface area contributed by atoms with Gasteiger partial charge in [0.25, 0.3) is 5.91 Å². The number of rotatable bonds is 3. The molecule has 1 saturated carbocycles. The van der Waals surface area contributed by atoms with Gasteiger partial charge in [-0.1, -0.05) is 12.8 Å². The van der Waals surface area contributed by atoms with Crippen molar-refractivity contribution in [1.29, 1.82) is 0 Å². The number of aliphatic carboxylic acids is 1. The summed E-state index contributed by atoms with van der Waals surface area (Å²) in [6.45, 7) is 0. The Hall–Kier alpha value is -2.70. The average Bonchev–Trinajstić information content (AvgIpc) is 3.29. The molecule has 4 rings (SSSR count). The second-order valence-electron chi connectivity index (χ2n) is 6.77. The molecule has 2 aliphatic rings. The van der Waals surface area contributed by atoms with Crippen LogP contribution in [0.25, 0.3) is 5.82 Å². The molecule has 1 aliphatic heterocycles. The van der Waals surface area contributed by atoms with Crippen LogP contribution in [0.15, 0.2) is 36.8 Å². The minimum Gasteiger partial charge on any atom is -0.480 e. The van der Waals surface area contributed by atoms with E-state index >= 15 is 0 Å². The predicted octanol–water partition coefficient (Wildman–Crippen LogP) is 2.13. The Kier molecular flexibility index (Phi) is 3.99. The summed E-state index contributed by atoms with van der Waals surface area (Å²) < 4.78 is 1.58. The average molecular weight is 340 g/mol. The van der Waals surface area contributed by atoms with E-state index in [4.69, 9.17) is 0 Å². The van der Waals surface area contributed by atoms with Crippen LogP contribution < -0.4 is 0 Å². The number of hydrogen-bond acceptors (Lipinski definition) is 4. The lowest BCUT2D eigenvalue weighted by molar-refractivity contribution is -0.141. The first-order valence-electron chi connectivity index (χ1n) is 8.66. The number of pyridine rings is 1. The number of nitrogens with zero attached hydrogens (tertiary/aromatic N) is 4. The molecule has 2 aromatic heterocycles. The first-order valence-corrected chi connectivity index (χ1v) is 8.66. The minimum atomic E-state index is -0.913. The third-order valence-electron chi connectivity index (χ3n) is 5.34. The fourth-order valence-electron chi connectivity index (χ4n) is 4.20. The zero-order chi connectivity index (χ0) is 17.4. The van der Waals surface area contributed by atoms with Gasteiger partial charge in [-0.2, -0.15) is 5.10 Å². The smallest absolute Gasteiger partial charge is 0.326 e. The predicted molar refractivity (Wildman–Crippen MR) is 89.3 cm³/mol. The molecule has 7 nitrogen and oxygen atoms in total. The lowest BCUT2D eigenvalue weighted by Gasteiger charge is -2.33. The van der Waals surface area contributed by atoms with Crippen molar-refractivity contribution in [2.24, 2.45) is 5.92 Å². The summed E-state index contributed by atoms with van der Waals surface area (Å²) in [7, 11) is 0. The largest absolute Gasteiger partial charge is 0.480 e. The lowest BCUT2D eigenvalue weighted by atomic mass is 9.84. The molecule has 1 aliphatic carbocycles. The molecule has 1 amide bonds. The van der Waals surface area contributed by atoms with E-state index in [0.717, 1.165) is 25.7 Å². The molecular weight excluding hydrogens is 320 g/mol. The van der Waals surface area contributed by atoms with E-state index < -0.39 is 12.0 Å². The minimum absolute atomic E-state index is 0.0312. The molecule has 130 valence electrons. The summed E-state index contributed by atoms with van der Waals surface area (Å²) >= 11 is 0. The van der Waals surface area contributed by atoms with E-state index in [1.807, 2.05) is 0 Å². The maximum atomic E-state index is 13.1. The van der Waals surface area contributed by atoms with Crippen LogP contribution in [0.2, 0.25) is 0 Å². The van der Waals surface area contributed by atoms with E-state index in [1.54, 1.807) is 46.4 Å². The fourth-order valence-corrected chi connectivity index (χ4v) is 4.20. The van der Waals surface area contributed by atoms with Crippen LogP contribution in [-0.2, 0) is 4.79 Å². The molecule has 1 saturated heterocycles. The Morgan fingerprint density at radius 1 is 1.20 bits per heavy atom. The van der Waals surface area contributed by atoms with Crippen LogP contribution in [-0.4, -0.2) is 48.7 Å². The molecule has 0 spiro atoms. The van der Waals surface area contributed by atoms with Gasteiger partial charge in [-0.25, -0.2) is 14.5 Å². The quantitative estimate of drug-likeness (QED) is 0.924. The number of carboxylic acid groups (broad SMARTS) is 1. The Labute approximate surface area is 145 Å². The first kappa shape index (κ1) is 15.8. The van der Waals surface area contributed by atoms with Crippen molar-refractivity contribution < 1.29 is 14.7 Å². The van der Waals surface area contributed by atoms with E-state index in [-0.39, 0.29) is 11.9 Å². The van der Waals surface area contributed by atoms with Crippen LogP contribution in [0.5, 0.6) is 0 Å². The summed E-state index contributed by atoms with van der Waals surface area (Å²) in [4.78, 5) is 30.7. The molecular formula is C18H20N4O3. The van der Waals surface area contributed by atoms with E-state index in [9.17, 15) is 14.7 Å². The molecule has 0 aromatic carbocycles. The number of carbonyl (C=O) groups is 2. The Morgan fingerprint density at radius 2 is 2.04 bits per heavy atom. The summed E-state index contributed by atoms with van der Waals surface area (Å²) in [6.07, 6.45) is 9.58. The Bertz CT molecular complexity index is 789. The number of carboxylic acids is 1. The normalized spacial score (nSPS) is 25.6. The molecule has 2 fully saturated rings. The standard InChI is InChI=1S/C18H20N4O3/c23-17(13-6-8-19-16(11-13)21-9-3-7-20-21)22-14-5-2-1-4-12(14)10-15(22)18(24)25/h3,6-9,11-12,14-15H,1-2,4-5,10H2,(H,24,25). The van der Waals surface area contributed by atoms with Crippen LogP contribution in [0.4, 0.5) is 0 Å². The van der Waals surface area contributed by atoms with Gasteiger partial charge in [0.2, 0.25) is 0 Å². The highest BCUT2D eigenvalue weighted by atomic mass is 16.4. The van der Waals surface area contributed by atoms with E-state index in [2.05, 4.69) is 10.1 Å². The van der Waals surface area contributed by atoms with Gasteiger partial charge in [0.05, 0.1) is 0 Å². The van der Waals surface area contributed by atoms with E-state index in [0.29, 0.717) is 23.7 Å². The van der Waals surface area contributed by atoms with Crippen LogP contribution in [0, 0.1) is 5.92 Å². The van der Waals surface area contributed by atoms with Gasteiger partial charge in [-0.3, -0.25) is 4.79 Å². The van der Waals surface area contributed by atoms with E-state index in [1.165, 1.54) is 0 Å². The van der Waals surface area contributed by atoms with Gasteiger partial charge >= 0.3 is 5.97 Å². The van der Waals surface area contributed by atoms with Gasteiger partial charge in [-0.05, 0) is 43.4 Å². The topological polar surface area (TPSA) is 88.3 Å². The van der Waals surface area contributed by atoms with Crippen molar-refractivity contribution in [2.45, 2.75) is 44.2 Å². The highest BCUT2D eigenvalue weighted by molar-refractivity contribution is 5.97. The molecule has 25 heavy (non-hydrogen) atoms. The molecule has 3 heterocycles.